The molecule has 4 nitrogen and oxygen atoms in total. The Morgan fingerprint density at radius 2 is 1.42 bits per heavy atom. The molecule has 168 valence electrons. The molecule has 0 unspecified atom stereocenters. The largest absolute Gasteiger partial charge is 0.288 e. The van der Waals surface area contributed by atoms with Crippen LogP contribution in [0.25, 0.3) is 0 Å². The van der Waals surface area contributed by atoms with Crippen LogP contribution in [0, 0.1) is 6.92 Å². The van der Waals surface area contributed by atoms with Gasteiger partial charge in [-0.25, -0.2) is 0 Å². The number of fused-ring (bicyclic) bond motifs is 1. The quantitative estimate of drug-likeness (QED) is 0.441. The lowest BCUT2D eigenvalue weighted by Gasteiger charge is -2.19. The van der Waals surface area contributed by atoms with Crippen LogP contribution < -0.4 is 0 Å². The second-order valence-corrected chi connectivity index (χ2v) is 11.7. The second kappa shape index (κ2) is 8.76. The maximum absolute atomic E-state index is 13.1. The number of nitrogens with zero attached hydrogens (tertiary/aromatic N) is 1. The SMILES string of the molecule is Cc1ccc(SC2=CC(=NS(=O)(=O)c3ccc(C(C)(C)C)cc3)c3ccccc3C2=O)cc1. The standard InChI is InChI=1S/C27H25NO3S2/c1-18-9-13-20(14-10-18)32-25-17-24(22-7-5-6-8-23(22)26(25)29)28-33(30,31)21-15-11-19(12-16-21)27(2,3)4/h5-17H,1-4H3. The van der Waals surface area contributed by atoms with Crippen molar-refractivity contribution >= 4 is 33.3 Å². The molecule has 0 aromatic heterocycles. The molecular weight excluding hydrogens is 450 g/mol. The number of Topliss-reactive ketones (excluding diaryl/α,β-unsaturated/α-hetero) is 1. The summed E-state index contributed by atoms with van der Waals surface area (Å²) < 4.78 is 30.5. The number of aryl methyl sites for hydroxylation is 1. The normalized spacial score (nSPS) is 15.3. The molecular formula is C27H25NO3S2. The number of carbonyl (C=O) groups excluding carboxylic acids is 1. The lowest BCUT2D eigenvalue weighted by Crippen LogP contribution is -2.17. The van der Waals surface area contributed by atoms with E-state index in [9.17, 15) is 13.2 Å². The first-order valence-corrected chi connectivity index (χ1v) is 12.9. The summed E-state index contributed by atoms with van der Waals surface area (Å²) in [4.78, 5) is 14.6. The van der Waals surface area contributed by atoms with Gasteiger partial charge in [-0.3, -0.25) is 4.79 Å². The molecule has 0 N–H and O–H groups in total. The van der Waals surface area contributed by atoms with Crippen molar-refractivity contribution in [1.82, 2.24) is 0 Å². The van der Waals surface area contributed by atoms with Gasteiger partial charge in [-0.1, -0.05) is 86.6 Å². The average Bonchev–Trinajstić information content (AvgIpc) is 2.78. The van der Waals surface area contributed by atoms with Gasteiger partial charge >= 0.3 is 0 Å². The number of ketones is 1. The van der Waals surface area contributed by atoms with Gasteiger partial charge in [0.15, 0.2) is 5.78 Å². The maximum Gasteiger partial charge on any atom is 0.282 e. The van der Waals surface area contributed by atoms with Crippen molar-refractivity contribution in [2.45, 2.75) is 42.9 Å². The molecule has 0 saturated heterocycles. The lowest BCUT2D eigenvalue weighted by atomic mass is 9.87. The minimum atomic E-state index is -3.96. The third-order valence-corrected chi connectivity index (χ3v) is 7.76. The predicted molar refractivity (Wildman–Crippen MR) is 135 cm³/mol. The number of rotatable bonds is 4. The Kier molecular flexibility index (Phi) is 6.16. The van der Waals surface area contributed by atoms with Crippen molar-refractivity contribution in [1.29, 1.82) is 0 Å². The van der Waals surface area contributed by atoms with E-state index in [-0.39, 0.29) is 21.8 Å². The van der Waals surface area contributed by atoms with E-state index in [0.29, 0.717) is 16.0 Å². The minimum absolute atomic E-state index is 0.0816. The van der Waals surface area contributed by atoms with Gasteiger partial charge < -0.3 is 0 Å². The van der Waals surface area contributed by atoms with Crippen molar-refractivity contribution < 1.29 is 13.2 Å². The Morgan fingerprint density at radius 3 is 2.03 bits per heavy atom. The van der Waals surface area contributed by atoms with Gasteiger partial charge in [-0.05, 0) is 48.2 Å². The van der Waals surface area contributed by atoms with Crippen molar-refractivity contribution in [3.63, 3.8) is 0 Å². The van der Waals surface area contributed by atoms with Crippen molar-refractivity contribution in [2.24, 2.45) is 4.40 Å². The van der Waals surface area contributed by atoms with Crippen molar-refractivity contribution in [2.75, 3.05) is 0 Å². The minimum Gasteiger partial charge on any atom is -0.288 e. The highest BCUT2D eigenvalue weighted by Crippen LogP contribution is 2.34. The molecule has 6 heteroatoms. The van der Waals surface area contributed by atoms with Crippen LogP contribution in [0.15, 0.2) is 98.0 Å². The van der Waals surface area contributed by atoms with Crippen LogP contribution in [0.1, 0.15) is 47.8 Å². The van der Waals surface area contributed by atoms with E-state index >= 15 is 0 Å². The molecule has 1 aliphatic rings. The Morgan fingerprint density at radius 1 is 0.818 bits per heavy atom. The molecule has 33 heavy (non-hydrogen) atoms. The Labute approximate surface area is 199 Å². The fourth-order valence-corrected chi connectivity index (χ4v) is 5.39. The van der Waals surface area contributed by atoms with Crippen LogP contribution in [0.2, 0.25) is 0 Å². The van der Waals surface area contributed by atoms with Crippen LogP contribution in [0.4, 0.5) is 0 Å². The number of thioether (sulfide) groups is 1. The van der Waals surface area contributed by atoms with E-state index < -0.39 is 10.0 Å². The van der Waals surface area contributed by atoms with E-state index in [4.69, 9.17) is 0 Å². The summed E-state index contributed by atoms with van der Waals surface area (Å²) in [5.41, 5.74) is 3.32. The Balaban J connectivity index is 1.76. The third kappa shape index (κ3) is 5.02. The van der Waals surface area contributed by atoms with Crippen molar-refractivity contribution in [3.05, 3.63) is 106 Å². The summed E-state index contributed by atoms with van der Waals surface area (Å²) in [6.45, 7) is 8.22. The molecule has 0 aliphatic heterocycles. The molecule has 4 rings (SSSR count). The number of sulfonamides is 1. The summed E-state index contributed by atoms with van der Waals surface area (Å²) >= 11 is 1.31. The molecule has 0 fully saturated rings. The zero-order valence-electron chi connectivity index (χ0n) is 19.0. The first-order valence-electron chi connectivity index (χ1n) is 10.6. The fourth-order valence-electron chi connectivity index (χ4n) is 3.50. The topological polar surface area (TPSA) is 63.6 Å². The van der Waals surface area contributed by atoms with Gasteiger partial charge in [0.05, 0.1) is 15.5 Å². The molecule has 1 aliphatic carbocycles. The third-order valence-electron chi connectivity index (χ3n) is 5.42. The molecule has 0 radical (unpaired) electrons. The van der Waals surface area contributed by atoms with Crippen LogP contribution in [-0.4, -0.2) is 19.9 Å². The number of allylic oxidation sites excluding steroid dienone is 2. The van der Waals surface area contributed by atoms with E-state index in [1.807, 2.05) is 43.3 Å². The van der Waals surface area contributed by atoms with Gasteiger partial charge in [0.1, 0.15) is 0 Å². The first kappa shape index (κ1) is 23.2. The molecule has 0 saturated carbocycles. The number of hydrogen-bond donors (Lipinski definition) is 0. The summed E-state index contributed by atoms with van der Waals surface area (Å²) in [5.74, 6) is -0.137. The highest BCUT2D eigenvalue weighted by atomic mass is 32.2. The smallest absolute Gasteiger partial charge is 0.282 e. The monoisotopic (exact) mass is 475 g/mol. The molecule has 0 bridgehead atoms. The predicted octanol–water partition coefficient (Wildman–Crippen LogP) is 6.34. The number of benzene rings is 3. The number of carbonyl (C=O) groups is 1. The van der Waals surface area contributed by atoms with E-state index in [0.717, 1.165) is 16.0 Å². The zero-order valence-corrected chi connectivity index (χ0v) is 20.6. The summed E-state index contributed by atoms with van der Waals surface area (Å²) in [6.07, 6.45) is 1.58. The highest BCUT2D eigenvalue weighted by Gasteiger charge is 2.27. The number of hydrogen-bond acceptors (Lipinski definition) is 4. The summed E-state index contributed by atoms with van der Waals surface area (Å²) in [5, 5.41) is 0. The Hall–Kier alpha value is -2.96. The molecule has 0 atom stereocenters. The van der Waals surface area contributed by atoms with E-state index in [1.54, 1.807) is 42.5 Å². The Bertz CT molecular complexity index is 1380. The lowest BCUT2D eigenvalue weighted by molar-refractivity contribution is 0.104. The second-order valence-electron chi connectivity index (χ2n) is 9.02. The van der Waals surface area contributed by atoms with Gasteiger partial charge in [0, 0.05) is 16.0 Å². The van der Waals surface area contributed by atoms with Gasteiger partial charge in [0.2, 0.25) is 0 Å². The highest BCUT2D eigenvalue weighted by molar-refractivity contribution is 8.04. The molecule has 0 amide bonds. The fraction of sp³-hybridized carbons (Fsp3) is 0.185. The molecule has 0 heterocycles. The van der Waals surface area contributed by atoms with Gasteiger partial charge in [-0.15, -0.1) is 0 Å². The van der Waals surface area contributed by atoms with Gasteiger partial charge in [0.25, 0.3) is 10.0 Å². The molecule has 3 aromatic rings. The molecule has 0 spiro atoms. The maximum atomic E-state index is 13.1. The van der Waals surface area contributed by atoms with Crippen LogP contribution in [0.3, 0.4) is 0 Å². The van der Waals surface area contributed by atoms with Crippen LogP contribution in [0.5, 0.6) is 0 Å². The summed E-state index contributed by atoms with van der Waals surface area (Å²) in [7, 11) is -3.96. The van der Waals surface area contributed by atoms with Crippen LogP contribution in [-0.2, 0) is 15.4 Å². The van der Waals surface area contributed by atoms with E-state index in [1.165, 1.54) is 11.8 Å². The first-order chi connectivity index (χ1) is 15.5. The zero-order chi connectivity index (χ0) is 23.8. The van der Waals surface area contributed by atoms with Crippen molar-refractivity contribution in [3.8, 4) is 0 Å². The van der Waals surface area contributed by atoms with Crippen LogP contribution >= 0.6 is 11.8 Å². The van der Waals surface area contributed by atoms with E-state index in [2.05, 4.69) is 25.2 Å². The van der Waals surface area contributed by atoms with Gasteiger partial charge in [-0.2, -0.15) is 12.8 Å². The molecule has 3 aromatic carbocycles. The average molecular weight is 476 g/mol. The summed E-state index contributed by atoms with van der Waals surface area (Å²) in [6, 6.07) is 21.6.